The van der Waals surface area contributed by atoms with Crippen molar-refractivity contribution in [3.8, 4) is 18.1 Å². The highest BCUT2D eigenvalue weighted by atomic mass is 16.5. The van der Waals surface area contributed by atoms with Gasteiger partial charge in [-0.2, -0.15) is 0 Å². The van der Waals surface area contributed by atoms with Crippen LogP contribution >= 0.6 is 0 Å². The summed E-state index contributed by atoms with van der Waals surface area (Å²) in [5.41, 5.74) is 6.09. The molecule has 0 saturated heterocycles. The third kappa shape index (κ3) is 2.46. The number of ether oxygens (including phenoxy) is 1. The number of anilines is 2. The first-order chi connectivity index (χ1) is 11.5. The monoisotopic (exact) mass is 327 g/mol. The summed E-state index contributed by atoms with van der Waals surface area (Å²) < 4.78 is 5.64. The first-order valence-electron chi connectivity index (χ1n) is 8.08. The maximum atomic E-state index is 12.5. The summed E-state index contributed by atoms with van der Waals surface area (Å²) in [6, 6.07) is 5.41. The molecule has 1 aromatic carbocycles. The number of nitrogens with two attached hydrogens (primary N) is 1. The Kier molecular flexibility index (Phi) is 4.10. The molecule has 6 heteroatoms. The molecule has 1 aromatic rings. The molecule has 1 aliphatic carbocycles. The second-order valence-electron chi connectivity index (χ2n) is 6.31. The van der Waals surface area contributed by atoms with Crippen molar-refractivity contribution in [2.45, 2.75) is 31.2 Å². The largest absolute Gasteiger partial charge is 0.490 e. The van der Waals surface area contributed by atoms with Crippen molar-refractivity contribution in [1.29, 1.82) is 0 Å². The number of benzene rings is 1. The van der Waals surface area contributed by atoms with Crippen LogP contribution in [0.3, 0.4) is 0 Å². The highest BCUT2D eigenvalue weighted by Gasteiger charge is 2.48. The number of hydrogen-bond acceptors (Lipinski definition) is 4. The van der Waals surface area contributed by atoms with Crippen LogP contribution in [0, 0.1) is 12.3 Å². The standard InChI is InChI=1S/C18H21N3O3/c1-3-16(22)21(18(17(19)23)8-4-5-9-18)13-6-7-15-14(12-13)20(2)10-11-24-15/h1,6-7,12H,4-5,8-11H2,2H3,(H2,19,23). The fourth-order valence-corrected chi connectivity index (χ4v) is 3.64. The van der Waals surface area contributed by atoms with E-state index in [9.17, 15) is 9.59 Å². The topological polar surface area (TPSA) is 75.9 Å². The number of terminal acetylenes is 1. The van der Waals surface area contributed by atoms with Crippen LogP contribution in [0.5, 0.6) is 5.75 Å². The number of amides is 2. The van der Waals surface area contributed by atoms with Gasteiger partial charge in [-0.25, -0.2) is 0 Å². The van der Waals surface area contributed by atoms with E-state index in [4.69, 9.17) is 16.9 Å². The number of primary amides is 1. The number of hydrogen-bond donors (Lipinski definition) is 1. The summed E-state index contributed by atoms with van der Waals surface area (Å²) in [5.74, 6) is 1.84. The van der Waals surface area contributed by atoms with E-state index in [1.807, 2.05) is 18.0 Å². The number of fused-ring (bicyclic) bond motifs is 1. The van der Waals surface area contributed by atoms with Gasteiger partial charge in [0.1, 0.15) is 17.9 Å². The Hall–Kier alpha value is -2.68. The molecule has 126 valence electrons. The molecule has 0 unspecified atom stereocenters. The third-order valence-corrected chi connectivity index (χ3v) is 4.94. The van der Waals surface area contributed by atoms with Gasteiger partial charge in [-0.15, -0.1) is 6.42 Å². The van der Waals surface area contributed by atoms with Crippen molar-refractivity contribution in [2.75, 3.05) is 30.0 Å². The molecule has 2 N–H and O–H groups in total. The van der Waals surface area contributed by atoms with E-state index < -0.39 is 17.4 Å². The molecule has 0 radical (unpaired) electrons. The average molecular weight is 327 g/mol. The maximum Gasteiger partial charge on any atom is 0.303 e. The van der Waals surface area contributed by atoms with Crippen LogP contribution < -0.4 is 20.3 Å². The molecule has 0 bridgehead atoms. The second-order valence-corrected chi connectivity index (χ2v) is 6.31. The van der Waals surface area contributed by atoms with E-state index in [0.717, 1.165) is 30.8 Å². The highest BCUT2D eigenvalue weighted by molar-refractivity contribution is 6.11. The van der Waals surface area contributed by atoms with Crippen molar-refractivity contribution in [3.63, 3.8) is 0 Å². The average Bonchev–Trinajstić information content (AvgIpc) is 3.06. The summed E-state index contributed by atoms with van der Waals surface area (Å²) in [6.07, 6.45) is 8.10. The Morgan fingerprint density at radius 2 is 2.08 bits per heavy atom. The van der Waals surface area contributed by atoms with Crippen molar-refractivity contribution in [2.24, 2.45) is 5.73 Å². The predicted molar refractivity (Wildman–Crippen MR) is 91.9 cm³/mol. The SMILES string of the molecule is C#CC(=O)N(c1ccc2c(c1)N(C)CCO2)C1(C(N)=O)CCCC1. The highest BCUT2D eigenvalue weighted by Crippen LogP contribution is 2.41. The Bertz CT molecular complexity index is 717. The van der Waals surface area contributed by atoms with Gasteiger partial charge in [0.2, 0.25) is 5.91 Å². The fraction of sp³-hybridized carbons (Fsp3) is 0.444. The van der Waals surface area contributed by atoms with E-state index in [0.29, 0.717) is 25.1 Å². The molecule has 0 spiro atoms. The molecule has 2 aliphatic rings. The molecular weight excluding hydrogens is 306 g/mol. The Morgan fingerprint density at radius 3 is 2.71 bits per heavy atom. The lowest BCUT2D eigenvalue weighted by Gasteiger charge is -2.38. The van der Waals surface area contributed by atoms with Crippen LogP contribution in [0.15, 0.2) is 18.2 Å². The minimum Gasteiger partial charge on any atom is -0.490 e. The van der Waals surface area contributed by atoms with Crippen molar-refractivity contribution in [3.05, 3.63) is 18.2 Å². The molecular formula is C18H21N3O3. The van der Waals surface area contributed by atoms with Gasteiger partial charge in [0.15, 0.2) is 0 Å². The summed E-state index contributed by atoms with van der Waals surface area (Å²) in [6.45, 7) is 1.36. The third-order valence-electron chi connectivity index (χ3n) is 4.94. The van der Waals surface area contributed by atoms with Gasteiger partial charge in [-0.1, -0.05) is 12.8 Å². The van der Waals surface area contributed by atoms with Crippen molar-refractivity contribution >= 4 is 23.2 Å². The molecule has 24 heavy (non-hydrogen) atoms. The molecule has 1 fully saturated rings. The van der Waals surface area contributed by atoms with Crippen LogP contribution in [0.2, 0.25) is 0 Å². The van der Waals surface area contributed by atoms with Gasteiger partial charge < -0.3 is 15.4 Å². The first-order valence-corrected chi connectivity index (χ1v) is 8.08. The lowest BCUT2D eigenvalue weighted by atomic mass is 9.92. The molecule has 0 aromatic heterocycles. The maximum absolute atomic E-state index is 12.5. The van der Waals surface area contributed by atoms with Gasteiger partial charge in [-0.05, 0) is 37.0 Å². The van der Waals surface area contributed by atoms with Crippen LogP contribution in [0.4, 0.5) is 11.4 Å². The first kappa shape index (κ1) is 16.2. The van der Waals surface area contributed by atoms with Gasteiger partial charge in [0.05, 0.1) is 12.2 Å². The summed E-state index contributed by atoms with van der Waals surface area (Å²) in [7, 11) is 1.96. The summed E-state index contributed by atoms with van der Waals surface area (Å²) >= 11 is 0. The molecule has 0 atom stereocenters. The molecule has 3 rings (SSSR count). The number of likely N-dealkylation sites (N-methyl/N-ethyl adjacent to an activating group) is 1. The zero-order chi connectivity index (χ0) is 17.3. The molecule has 1 saturated carbocycles. The summed E-state index contributed by atoms with van der Waals surface area (Å²) in [4.78, 5) is 28.2. The van der Waals surface area contributed by atoms with Crippen LogP contribution in [0.25, 0.3) is 0 Å². The number of rotatable bonds is 3. The molecule has 1 heterocycles. The zero-order valence-corrected chi connectivity index (χ0v) is 13.7. The Balaban J connectivity index is 2.11. The summed E-state index contributed by atoms with van der Waals surface area (Å²) in [5, 5.41) is 0. The Labute approximate surface area is 141 Å². The van der Waals surface area contributed by atoms with Crippen LogP contribution in [-0.4, -0.2) is 37.6 Å². The van der Waals surface area contributed by atoms with E-state index in [1.54, 1.807) is 12.1 Å². The Morgan fingerprint density at radius 1 is 1.38 bits per heavy atom. The fourth-order valence-electron chi connectivity index (χ4n) is 3.64. The van der Waals surface area contributed by atoms with Gasteiger partial charge >= 0.3 is 5.91 Å². The lowest BCUT2D eigenvalue weighted by molar-refractivity contribution is -0.126. The van der Waals surface area contributed by atoms with E-state index in [1.165, 1.54) is 4.90 Å². The van der Waals surface area contributed by atoms with Crippen molar-refractivity contribution in [1.82, 2.24) is 0 Å². The molecule has 6 nitrogen and oxygen atoms in total. The minimum absolute atomic E-state index is 0.508. The second kappa shape index (κ2) is 6.08. The smallest absolute Gasteiger partial charge is 0.303 e. The van der Waals surface area contributed by atoms with E-state index >= 15 is 0 Å². The van der Waals surface area contributed by atoms with Crippen LogP contribution in [-0.2, 0) is 9.59 Å². The van der Waals surface area contributed by atoms with Gasteiger partial charge in [0, 0.05) is 12.7 Å². The number of carbonyl (C=O) groups excluding carboxylic acids is 2. The van der Waals surface area contributed by atoms with Gasteiger partial charge in [0.25, 0.3) is 0 Å². The van der Waals surface area contributed by atoms with E-state index in [-0.39, 0.29) is 0 Å². The van der Waals surface area contributed by atoms with Gasteiger partial charge in [-0.3, -0.25) is 14.5 Å². The predicted octanol–water partition coefficient (Wildman–Crippen LogP) is 1.28. The normalized spacial score (nSPS) is 18.2. The zero-order valence-electron chi connectivity index (χ0n) is 13.7. The molecule has 1 aliphatic heterocycles. The molecule has 2 amide bonds. The minimum atomic E-state index is -1.05. The van der Waals surface area contributed by atoms with Crippen molar-refractivity contribution < 1.29 is 14.3 Å². The number of carbonyl (C=O) groups is 2. The van der Waals surface area contributed by atoms with E-state index in [2.05, 4.69) is 5.92 Å². The van der Waals surface area contributed by atoms with Crippen LogP contribution in [0.1, 0.15) is 25.7 Å². The quantitative estimate of drug-likeness (QED) is 0.849. The number of nitrogens with zero attached hydrogens (tertiary/aromatic N) is 2. The lowest BCUT2D eigenvalue weighted by Crippen LogP contribution is -2.58.